The first-order valence-corrected chi connectivity index (χ1v) is 16.9. The molecule has 5 atom stereocenters. The minimum absolute atomic E-state index is 0.0246. The van der Waals surface area contributed by atoms with Gasteiger partial charge in [-0.3, -0.25) is 14.9 Å². The number of hydrogen-bond acceptors (Lipinski definition) is 7. The van der Waals surface area contributed by atoms with Gasteiger partial charge < -0.3 is 14.1 Å². The molecule has 10 heteroatoms. The molecule has 216 valence electrons. The van der Waals surface area contributed by atoms with Crippen LogP contribution in [0.4, 0.5) is 5.69 Å². The number of ether oxygens (including phenoxy) is 1. The first-order valence-electron chi connectivity index (χ1n) is 13.6. The molecular formula is C30H40N2O6SSi. The van der Waals surface area contributed by atoms with E-state index in [1.54, 1.807) is 24.0 Å². The number of thiocarbonyl (C=S) groups is 1. The Kier molecular flexibility index (Phi) is 9.69. The molecule has 3 rings (SSSR count). The van der Waals surface area contributed by atoms with Crippen LogP contribution in [0.2, 0.25) is 18.1 Å². The molecule has 1 fully saturated rings. The van der Waals surface area contributed by atoms with E-state index in [4.69, 9.17) is 21.4 Å². The zero-order valence-electron chi connectivity index (χ0n) is 24.5. The standard InChI is InChI=1S/C30H40N2O6SSi/c1-19(27(39)23-12-10-9-11-13-23)26-25(21(3)38-40(7,8)30(4,5)6)28(33)31(26)20(2)29(34)37-18-22-14-16-24(17-15-22)32(35)36/h9-17,19-21,25-26H,18H2,1-8H3/t19-,20?,21-,25-,26-/m1/s1. The summed E-state index contributed by atoms with van der Waals surface area (Å²) in [6.07, 6.45) is -0.348. The minimum atomic E-state index is -2.17. The third kappa shape index (κ3) is 6.67. The molecule has 0 aromatic heterocycles. The number of nitro benzene ring substituents is 1. The van der Waals surface area contributed by atoms with Crippen molar-refractivity contribution in [2.24, 2.45) is 11.8 Å². The van der Waals surface area contributed by atoms with Gasteiger partial charge in [-0.2, -0.15) is 0 Å². The minimum Gasteiger partial charge on any atom is -0.459 e. The lowest BCUT2D eigenvalue weighted by atomic mass is 9.73. The van der Waals surface area contributed by atoms with Crippen molar-refractivity contribution < 1.29 is 23.7 Å². The highest BCUT2D eigenvalue weighted by Gasteiger charge is 2.57. The average Bonchev–Trinajstić information content (AvgIpc) is 2.89. The lowest BCUT2D eigenvalue weighted by molar-refractivity contribution is -0.384. The summed E-state index contributed by atoms with van der Waals surface area (Å²) in [6.45, 7) is 16.4. The maximum absolute atomic E-state index is 13.7. The van der Waals surface area contributed by atoms with Gasteiger partial charge in [0.05, 0.1) is 23.0 Å². The molecule has 1 saturated heterocycles. The monoisotopic (exact) mass is 584 g/mol. The second-order valence-corrected chi connectivity index (χ2v) is 17.3. The number of benzene rings is 2. The molecule has 0 saturated carbocycles. The lowest BCUT2D eigenvalue weighted by Gasteiger charge is -2.55. The summed E-state index contributed by atoms with van der Waals surface area (Å²) in [5.74, 6) is -1.36. The van der Waals surface area contributed by atoms with Gasteiger partial charge in [0.2, 0.25) is 5.91 Å². The van der Waals surface area contributed by atoms with Crippen LogP contribution in [0.1, 0.15) is 52.7 Å². The number of nitrogens with zero attached hydrogens (tertiary/aromatic N) is 2. The summed E-state index contributed by atoms with van der Waals surface area (Å²) in [5.41, 5.74) is 1.49. The highest BCUT2D eigenvalue weighted by molar-refractivity contribution is 7.80. The Hall–Kier alpha value is -2.95. The molecule has 2 aromatic rings. The maximum atomic E-state index is 13.7. The molecule has 1 aliphatic rings. The van der Waals surface area contributed by atoms with E-state index in [0.29, 0.717) is 5.56 Å². The van der Waals surface area contributed by atoms with E-state index in [1.807, 2.05) is 44.2 Å². The lowest BCUT2D eigenvalue weighted by Crippen LogP contribution is -2.71. The van der Waals surface area contributed by atoms with Crippen molar-refractivity contribution in [1.29, 1.82) is 0 Å². The molecule has 2 aromatic carbocycles. The van der Waals surface area contributed by atoms with Gasteiger partial charge in [0.25, 0.3) is 5.69 Å². The fourth-order valence-electron chi connectivity index (χ4n) is 4.87. The third-order valence-corrected chi connectivity index (χ3v) is 13.5. The molecule has 1 amide bonds. The Morgan fingerprint density at radius 1 is 1.07 bits per heavy atom. The molecule has 0 spiro atoms. The fourth-order valence-corrected chi connectivity index (χ4v) is 6.58. The van der Waals surface area contributed by atoms with Gasteiger partial charge in [-0.1, -0.05) is 70.2 Å². The van der Waals surface area contributed by atoms with Gasteiger partial charge >= 0.3 is 5.97 Å². The van der Waals surface area contributed by atoms with Crippen LogP contribution in [-0.2, 0) is 25.4 Å². The smallest absolute Gasteiger partial charge is 0.328 e. The largest absolute Gasteiger partial charge is 0.459 e. The van der Waals surface area contributed by atoms with Crippen molar-refractivity contribution in [2.45, 2.75) is 84.5 Å². The van der Waals surface area contributed by atoms with Gasteiger partial charge in [-0.05, 0) is 55.2 Å². The number of carbonyl (C=O) groups excluding carboxylic acids is 2. The zero-order valence-corrected chi connectivity index (χ0v) is 26.4. The molecule has 1 aliphatic heterocycles. The Balaban J connectivity index is 1.82. The van der Waals surface area contributed by atoms with E-state index in [9.17, 15) is 19.7 Å². The van der Waals surface area contributed by atoms with Crippen LogP contribution in [0.5, 0.6) is 0 Å². The number of nitro groups is 1. The van der Waals surface area contributed by atoms with Crippen LogP contribution in [-0.4, -0.2) is 53.1 Å². The second kappa shape index (κ2) is 12.3. The van der Waals surface area contributed by atoms with Crippen LogP contribution in [0.25, 0.3) is 0 Å². The second-order valence-electron chi connectivity index (χ2n) is 12.1. The first kappa shape index (κ1) is 31.6. The number of non-ortho nitro benzene ring substituents is 1. The topological polar surface area (TPSA) is 99.0 Å². The zero-order chi connectivity index (χ0) is 30.0. The average molecular weight is 585 g/mol. The van der Waals surface area contributed by atoms with Gasteiger partial charge in [-0.25, -0.2) is 4.79 Å². The molecular weight excluding hydrogens is 544 g/mol. The summed E-state index contributed by atoms with van der Waals surface area (Å²) in [7, 11) is -2.17. The number of hydrogen-bond donors (Lipinski definition) is 0. The Morgan fingerprint density at radius 3 is 2.17 bits per heavy atom. The Labute approximate surface area is 243 Å². The molecule has 0 aliphatic carbocycles. The van der Waals surface area contributed by atoms with E-state index >= 15 is 0 Å². The van der Waals surface area contributed by atoms with Crippen molar-refractivity contribution in [3.63, 3.8) is 0 Å². The number of carbonyl (C=O) groups is 2. The van der Waals surface area contributed by atoms with Crippen LogP contribution in [0.15, 0.2) is 54.6 Å². The summed E-state index contributed by atoms with van der Waals surface area (Å²) < 4.78 is 12.2. The fraction of sp³-hybridized carbons (Fsp3) is 0.500. The SMILES string of the molecule is CC(C(=O)OCc1ccc([N+](=O)[O-])cc1)N1C(=O)[C@H]([C@@H](C)O[Si](C)(C)C(C)(C)C)[C@H]1[C@@H](C)C(=S)c1ccccc1. The summed E-state index contributed by atoms with van der Waals surface area (Å²) in [4.78, 5) is 39.5. The molecule has 8 nitrogen and oxygen atoms in total. The van der Waals surface area contributed by atoms with Crippen LogP contribution < -0.4 is 0 Å². The van der Waals surface area contributed by atoms with Gasteiger partial charge in [0.15, 0.2) is 8.32 Å². The van der Waals surface area contributed by atoms with E-state index < -0.39 is 31.2 Å². The summed E-state index contributed by atoms with van der Waals surface area (Å²) >= 11 is 5.88. The molecule has 0 N–H and O–H groups in total. The molecule has 1 heterocycles. The van der Waals surface area contributed by atoms with Crippen molar-refractivity contribution in [1.82, 2.24) is 4.90 Å². The number of rotatable bonds is 11. The number of β-lactam (4-membered cyclic amide) rings is 1. The quantitative estimate of drug-likeness (QED) is 0.0580. The molecule has 1 unspecified atom stereocenters. The van der Waals surface area contributed by atoms with Gasteiger partial charge in [-0.15, -0.1) is 0 Å². The molecule has 40 heavy (non-hydrogen) atoms. The molecule has 0 radical (unpaired) electrons. The summed E-state index contributed by atoms with van der Waals surface area (Å²) in [6, 6.07) is 14.3. The van der Waals surface area contributed by atoms with Gasteiger partial charge in [0.1, 0.15) is 12.6 Å². The van der Waals surface area contributed by atoms with E-state index in [2.05, 4.69) is 33.9 Å². The van der Waals surface area contributed by atoms with E-state index in [-0.39, 0.29) is 41.3 Å². The molecule has 0 bridgehead atoms. The van der Waals surface area contributed by atoms with Crippen LogP contribution >= 0.6 is 12.2 Å². The predicted octanol–water partition coefficient (Wildman–Crippen LogP) is 6.32. The Morgan fingerprint density at radius 2 is 1.65 bits per heavy atom. The van der Waals surface area contributed by atoms with Crippen LogP contribution in [0, 0.1) is 22.0 Å². The number of esters is 1. The number of amides is 1. The Bertz CT molecular complexity index is 1250. The van der Waals surface area contributed by atoms with Crippen molar-refractivity contribution in [2.75, 3.05) is 0 Å². The van der Waals surface area contributed by atoms with Crippen molar-refractivity contribution in [3.05, 3.63) is 75.8 Å². The van der Waals surface area contributed by atoms with Crippen LogP contribution in [0.3, 0.4) is 0 Å². The highest BCUT2D eigenvalue weighted by Crippen LogP contribution is 2.43. The summed E-state index contributed by atoms with van der Waals surface area (Å²) in [5, 5.41) is 10.9. The van der Waals surface area contributed by atoms with Crippen molar-refractivity contribution >= 4 is 43.0 Å². The predicted molar refractivity (Wildman–Crippen MR) is 162 cm³/mol. The maximum Gasteiger partial charge on any atom is 0.328 e. The van der Waals surface area contributed by atoms with Crippen molar-refractivity contribution in [3.8, 4) is 0 Å². The van der Waals surface area contributed by atoms with Gasteiger partial charge in [0, 0.05) is 22.9 Å². The normalized spacial score (nSPS) is 19.8. The van der Waals surface area contributed by atoms with E-state index in [0.717, 1.165) is 10.4 Å². The third-order valence-electron chi connectivity index (χ3n) is 8.29. The highest BCUT2D eigenvalue weighted by atomic mass is 32.1. The van der Waals surface area contributed by atoms with E-state index in [1.165, 1.54) is 12.1 Å². The first-order chi connectivity index (χ1) is 18.6. The number of likely N-dealkylation sites (tertiary alicyclic amines) is 1.